The topological polar surface area (TPSA) is 32.3 Å². The van der Waals surface area contributed by atoms with E-state index in [-0.39, 0.29) is 6.10 Å². The molecule has 0 spiro atoms. The molecule has 17 heavy (non-hydrogen) atoms. The van der Waals surface area contributed by atoms with Gasteiger partial charge in [-0.25, -0.2) is 0 Å². The van der Waals surface area contributed by atoms with Crippen molar-refractivity contribution in [2.75, 3.05) is 18.8 Å². The van der Waals surface area contributed by atoms with E-state index in [0.29, 0.717) is 5.92 Å². The summed E-state index contributed by atoms with van der Waals surface area (Å²) in [6.07, 6.45) is 1.98. The molecule has 3 heteroatoms. The number of piperidine rings is 1. The van der Waals surface area contributed by atoms with Crippen LogP contribution in [-0.2, 0) is 0 Å². The zero-order chi connectivity index (χ0) is 12.1. The molecule has 1 aromatic rings. The summed E-state index contributed by atoms with van der Waals surface area (Å²) in [5.74, 6) is 1.46. The van der Waals surface area contributed by atoms with Crippen LogP contribution in [0.3, 0.4) is 0 Å². The standard InChI is InChI=1S/C14H21NOS/c1-2-17-13-7-5-11(6-8-13)14(16)12-4-3-9-15-10-12/h5-8,12,14-16H,2-4,9-10H2,1H3. The number of nitrogens with one attached hydrogen (secondary N) is 1. The Hall–Kier alpha value is -0.510. The number of benzene rings is 1. The van der Waals surface area contributed by atoms with Gasteiger partial charge in [-0.15, -0.1) is 11.8 Å². The Labute approximate surface area is 108 Å². The molecule has 1 heterocycles. The first-order valence-electron chi connectivity index (χ1n) is 6.43. The van der Waals surface area contributed by atoms with Crippen molar-refractivity contribution in [3.8, 4) is 0 Å². The van der Waals surface area contributed by atoms with Gasteiger partial charge in [0.05, 0.1) is 6.10 Å². The fourth-order valence-electron chi connectivity index (χ4n) is 2.35. The summed E-state index contributed by atoms with van der Waals surface area (Å²) in [7, 11) is 0. The third-order valence-corrected chi connectivity index (χ3v) is 4.21. The van der Waals surface area contributed by atoms with Gasteiger partial charge in [-0.3, -0.25) is 0 Å². The largest absolute Gasteiger partial charge is 0.388 e. The van der Waals surface area contributed by atoms with E-state index < -0.39 is 0 Å². The van der Waals surface area contributed by atoms with Crippen LogP contribution in [0.15, 0.2) is 29.2 Å². The van der Waals surface area contributed by atoms with E-state index in [1.165, 1.54) is 11.3 Å². The Bertz CT molecular complexity index is 333. The van der Waals surface area contributed by atoms with Crippen LogP contribution in [0.5, 0.6) is 0 Å². The van der Waals surface area contributed by atoms with Gasteiger partial charge < -0.3 is 10.4 Å². The predicted octanol–water partition coefficient (Wildman–Crippen LogP) is 2.83. The summed E-state index contributed by atoms with van der Waals surface area (Å²) in [4.78, 5) is 1.28. The highest BCUT2D eigenvalue weighted by atomic mass is 32.2. The molecule has 0 amide bonds. The van der Waals surface area contributed by atoms with Crippen LogP contribution in [0, 0.1) is 5.92 Å². The van der Waals surface area contributed by atoms with E-state index in [1.54, 1.807) is 0 Å². The minimum absolute atomic E-state index is 0.316. The molecule has 2 rings (SSSR count). The van der Waals surface area contributed by atoms with E-state index in [9.17, 15) is 5.11 Å². The Balaban J connectivity index is 2.00. The van der Waals surface area contributed by atoms with Gasteiger partial charge in [-0.1, -0.05) is 19.1 Å². The SMILES string of the molecule is CCSc1ccc(C(O)C2CCCNC2)cc1. The van der Waals surface area contributed by atoms with Crippen molar-refractivity contribution in [3.63, 3.8) is 0 Å². The maximum absolute atomic E-state index is 10.3. The molecular formula is C14H21NOS. The van der Waals surface area contributed by atoms with E-state index in [0.717, 1.165) is 30.8 Å². The van der Waals surface area contributed by atoms with Crippen LogP contribution in [0.1, 0.15) is 31.4 Å². The van der Waals surface area contributed by atoms with Gasteiger partial charge in [0, 0.05) is 17.4 Å². The fraction of sp³-hybridized carbons (Fsp3) is 0.571. The highest BCUT2D eigenvalue weighted by molar-refractivity contribution is 7.99. The maximum atomic E-state index is 10.3. The second-order valence-electron chi connectivity index (χ2n) is 4.55. The van der Waals surface area contributed by atoms with Crippen LogP contribution in [0.25, 0.3) is 0 Å². The second-order valence-corrected chi connectivity index (χ2v) is 5.89. The molecule has 2 nitrogen and oxygen atoms in total. The van der Waals surface area contributed by atoms with Gasteiger partial charge in [-0.2, -0.15) is 0 Å². The van der Waals surface area contributed by atoms with Crippen molar-refractivity contribution in [1.82, 2.24) is 5.32 Å². The van der Waals surface area contributed by atoms with Crippen LogP contribution >= 0.6 is 11.8 Å². The Morgan fingerprint density at radius 1 is 1.41 bits per heavy atom. The van der Waals surface area contributed by atoms with Gasteiger partial charge >= 0.3 is 0 Å². The van der Waals surface area contributed by atoms with Crippen molar-refractivity contribution >= 4 is 11.8 Å². The molecule has 1 aliphatic heterocycles. The number of thioether (sulfide) groups is 1. The third-order valence-electron chi connectivity index (χ3n) is 3.31. The molecule has 1 aliphatic rings. The quantitative estimate of drug-likeness (QED) is 0.807. The molecule has 2 unspecified atom stereocenters. The monoisotopic (exact) mass is 251 g/mol. The minimum Gasteiger partial charge on any atom is -0.388 e. The highest BCUT2D eigenvalue weighted by Gasteiger charge is 2.22. The number of rotatable bonds is 4. The van der Waals surface area contributed by atoms with Gasteiger partial charge in [0.15, 0.2) is 0 Å². The number of aliphatic hydroxyl groups excluding tert-OH is 1. The first-order chi connectivity index (χ1) is 8.31. The Morgan fingerprint density at radius 3 is 2.76 bits per heavy atom. The molecule has 2 N–H and O–H groups in total. The summed E-state index contributed by atoms with van der Waals surface area (Å²) in [6, 6.07) is 8.36. The lowest BCUT2D eigenvalue weighted by molar-refractivity contribution is 0.0921. The Kier molecular flexibility index (Phi) is 4.89. The van der Waals surface area contributed by atoms with E-state index in [1.807, 2.05) is 11.8 Å². The molecule has 0 radical (unpaired) electrons. The molecule has 0 bridgehead atoms. The molecule has 1 fully saturated rings. The normalized spacial score (nSPS) is 22.4. The van der Waals surface area contributed by atoms with E-state index in [2.05, 4.69) is 36.5 Å². The molecule has 0 aromatic heterocycles. The molecule has 2 atom stereocenters. The molecule has 1 saturated heterocycles. The Morgan fingerprint density at radius 2 is 2.18 bits per heavy atom. The lowest BCUT2D eigenvalue weighted by Crippen LogP contribution is -2.33. The minimum atomic E-state index is -0.316. The zero-order valence-electron chi connectivity index (χ0n) is 10.4. The number of hydrogen-bond acceptors (Lipinski definition) is 3. The van der Waals surface area contributed by atoms with Crippen LogP contribution < -0.4 is 5.32 Å². The van der Waals surface area contributed by atoms with Crippen molar-refractivity contribution in [2.45, 2.75) is 30.8 Å². The summed E-state index contributed by atoms with van der Waals surface area (Å²) in [5, 5.41) is 13.7. The summed E-state index contributed by atoms with van der Waals surface area (Å²) >= 11 is 1.84. The van der Waals surface area contributed by atoms with Crippen molar-refractivity contribution in [2.24, 2.45) is 5.92 Å². The van der Waals surface area contributed by atoms with Crippen LogP contribution in [-0.4, -0.2) is 23.9 Å². The smallest absolute Gasteiger partial charge is 0.0830 e. The lowest BCUT2D eigenvalue weighted by atomic mass is 9.89. The first-order valence-corrected chi connectivity index (χ1v) is 7.41. The molecular weight excluding hydrogens is 230 g/mol. The maximum Gasteiger partial charge on any atom is 0.0830 e. The number of hydrogen-bond donors (Lipinski definition) is 2. The number of aliphatic hydroxyl groups is 1. The summed E-state index contributed by atoms with van der Waals surface area (Å²) in [5.41, 5.74) is 1.05. The van der Waals surface area contributed by atoms with E-state index in [4.69, 9.17) is 0 Å². The van der Waals surface area contributed by atoms with Gasteiger partial charge in [0.1, 0.15) is 0 Å². The van der Waals surface area contributed by atoms with Gasteiger partial charge in [-0.05, 0) is 42.8 Å². The van der Waals surface area contributed by atoms with Crippen LogP contribution in [0.2, 0.25) is 0 Å². The predicted molar refractivity (Wildman–Crippen MR) is 73.4 cm³/mol. The van der Waals surface area contributed by atoms with Gasteiger partial charge in [0.2, 0.25) is 0 Å². The molecule has 0 aliphatic carbocycles. The second kappa shape index (κ2) is 6.43. The molecule has 1 aromatic carbocycles. The van der Waals surface area contributed by atoms with Crippen molar-refractivity contribution < 1.29 is 5.11 Å². The average molecular weight is 251 g/mol. The lowest BCUT2D eigenvalue weighted by Gasteiger charge is -2.27. The zero-order valence-corrected chi connectivity index (χ0v) is 11.2. The van der Waals surface area contributed by atoms with E-state index >= 15 is 0 Å². The van der Waals surface area contributed by atoms with Crippen molar-refractivity contribution in [3.05, 3.63) is 29.8 Å². The molecule has 94 valence electrons. The van der Waals surface area contributed by atoms with Crippen LogP contribution in [0.4, 0.5) is 0 Å². The van der Waals surface area contributed by atoms with Gasteiger partial charge in [0.25, 0.3) is 0 Å². The molecule has 0 saturated carbocycles. The average Bonchev–Trinajstić information content (AvgIpc) is 2.40. The summed E-state index contributed by atoms with van der Waals surface area (Å²) in [6.45, 7) is 4.18. The fourth-order valence-corrected chi connectivity index (χ4v) is 3.01. The summed E-state index contributed by atoms with van der Waals surface area (Å²) < 4.78 is 0. The first kappa shape index (κ1) is 12.9. The van der Waals surface area contributed by atoms with Crippen molar-refractivity contribution in [1.29, 1.82) is 0 Å². The highest BCUT2D eigenvalue weighted by Crippen LogP contribution is 2.28. The third kappa shape index (κ3) is 3.47.